The molecule has 1 aromatic heterocycles. The number of carbonyl (C=O) groups excluding carboxylic acids is 1. The lowest BCUT2D eigenvalue weighted by atomic mass is 9.89. The summed E-state index contributed by atoms with van der Waals surface area (Å²) in [5.74, 6) is -0.557. The first-order valence-electron chi connectivity index (χ1n) is 10.4. The number of anilines is 1. The minimum Gasteiger partial charge on any atom is -0.462 e. The molecule has 0 aliphatic carbocycles. The minimum atomic E-state index is -0.557. The van der Waals surface area contributed by atoms with Crippen molar-refractivity contribution in [2.45, 2.75) is 46.6 Å². The van der Waals surface area contributed by atoms with E-state index in [9.17, 15) is 9.59 Å². The third-order valence-electron chi connectivity index (χ3n) is 5.39. The van der Waals surface area contributed by atoms with Crippen LogP contribution in [0.5, 0.6) is 0 Å². The van der Waals surface area contributed by atoms with E-state index in [1.807, 2.05) is 6.92 Å². The molecule has 0 bridgehead atoms. The molecule has 1 unspecified atom stereocenters. The molecule has 1 aromatic carbocycles. The van der Waals surface area contributed by atoms with Gasteiger partial charge in [0.1, 0.15) is 5.56 Å². The predicted molar refractivity (Wildman–Crippen MR) is 115 cm³/mol. The number of esters is 1. The van der Waals surface area contributed by atoms with Gasteiger partial charge in [0.05, 0.1) is 18.9 Å². The smallest absolute Gasteiger partial charge is 0.343 e. The van der Waals surface area contributed by atoms with Crippen LogP contribution in [0, 0.1) is 6.92 Å². The summed E-state index contributed by atoms with van der Waals surface area (Å²) in [6, 6.07) is 6.07. The van der Waals surface area contributed by atoms with Crippen molar-refractivity contribution < 1.29 is 14.3 Å². The summed E-state index contributed by atoms with van der Waals surface area (Å²) < 4.78 is 12.5. The number of carbonyl (C=O) groups is 1. The van der Waals surface area contributed by atoms with Gasteiger partial charge in [0.15, 0.2) is 5.43 Å². The van der Waals surface area contributed by atoms with Crippen molar-refractivity contribution in [3.05, 3.63) is 51.3 Å². The van der Waals surface area contributed by atoms with Crippen LogP contribution in [-0.2, 0) is 15.9 Å². The van der Waals surface area contributed by atoms with Crippen LogP contribution in [0.4, 0.5) is 5.69 Å². The zero-order valence-electron chi connectivity index (χ0n) is 17.7. The molecule has 1 N–H and O–H groups in total. The molecule has 0 radical (unpaired) electrons. The fraction of sp³-hybridized carbons (Fsp3) is 0.478. The molecule has 0 spiro atoms. The summed E-state index contributed by atoms with van der Waals surface area (Å²) in [6.07, 6.45) is 3.43. The summed E-state index contributed by atoms with van der Waals surface area (Å²) in [6.45, 7) is 10.3. The number of aryl methyl sites for hydroxylation is 1. The van der Waals surface area contributed by atoms with Crippen molar-refractivity contribution in [1.82, 2.24) is 4.57 Å². The SMILES string of the molecule is CCOCCNc1cc2c(cc1C)-c1cc(=O)c(C(=O)OCC)cn1C(CC)C2. The summed E-state index contributed by atoms with van der Waals surface area (Å²) in [5, 5.41) is 3.45. The first-order valence-corrected chi connectivity index (χ1v) is 10.4. The van der Waals surface area contributed by atoms with Gasteiger partial charge in [-0.15, -0.1) is 0 Å². The second-order valence-electron chi connectivity index (χ2n) is 7.28. The molecule has 156 valence electrons. The number of rotatable bonds is 8. The van der Waals surface area contributed by atoms with Crippen molar-refractivity contribution in [3.8, 4) is 11.3 Å². The highest BCUT2D eigenvalue weighted by molar-refractivity contribution is 5.89. The molecule has 29 heavy (non-hydrogen) atoms. The minimum absolute atomic E-state index is 0.100. The highest BCUT2D eigenvalue weighted by Gasteiger charge is 2.26. The van der Waals surface area contributed by atoms with Gasteiger partial charge >= 0.3 is 5.97 Å². The van der Waals surface area contributed by atoms with Crippen LogP contribution in [-0.4, -0.2) is 36.9 Å². The second-order valence-corrected chi connectivity index (χ2v) is 7.28. The van der Waals surface area contributed by atoms with E-state index in [1.54, 1.807) is 19.2 Å². The summed E-state index contributed by atoms with van der Waals surface area (Å²) in [7, 11) is 0. The Balaban J connectivity index is 2.01. The van der Waals surface area contributed by atoms with Gasteiger partial charge in [-0.25, -0.2) is 4.79 Å². The maximum Gasteiger partial charge on any atom is 0.343 e. The maximum absolute atomic E-state index is 12.6. The van der Waals surface area contributed by atoms with Gasteiger partial charge in [-0.1, -0.05) is 6.92 Å². The molecule has 1 atom stereocenters. The highest BCUT2D eigenvalue weighted by Crippen LogP contribution is 2.38. The van der Waals surface area contributed by atoms with Gasteiger partial charge in [0, 0.05) is 42.7 Å². The van der Waals surface area contributed by atoms with E-state index in [2.05, 4.69) is 35.9 Å². The van der Waals surface area contributed by atoms with Crippen molar-refractivity contribution in [2.24, 2.45) is 0 Å². The highest BCUT2D eigenvalue weighted by atomic mass is 16.5. The molecular formula is C23H30N2O4. The monoisotopic (exact) mass is 398 g/mol. The first-order chi connectivity index (χ1) is 14.0. The van der Waals surface area contributed by atoms with Crippen molar-refractivity contribution in [2.75, 3.05) is 31.7 Å². The van der Waals surface area contributed by atoms with Gasteiger partial charge < -0.3 is 19.4 Å². The molecule has 6 heteroatoms. The molecule has 0 saturated heterocycles. The van der Waals surface area contributed by atoms with E-state index in [-0.39, 0.29) is 23.6 Å². The number of ether oxygens (including phenoxy) is 2. The summed E-state index contributed by atoms with van der Waals surface area (Å²) >= 11 is 0. The third kappa shape index (κ3) is 4.37. The summed E-state index contributed by atoms with van der Waals surface area (Å²) in [4.78, 5) is 24.8. The lowest BCUT2D eigenvalue weighted by Crippen LogP contribution is -2.26. The Bertz CT molecular complexity index is 949. The van der Waals surface area contributed by atoms with Crippen molar-refractivity contribution >= 4 is 11.7 Å². The average Bonchev–Trinajstić information content (AvgIpc) is 2.71. The number of hydrogen-bond acceptors (Lipinski definition) is 5. The lowest BCUT2D eigenvalue weighted by Gasteiger charge is -2.31. The number of benzene rings is 1. The van der Waals surface area contributed by atoms with Gasteiger partial charge in [-0.2, -0.15) is 0 Å². The fourth-order valence-corrected chi connectivity index (χ4v) is 3.88. The quantitative estimate of drug-likeness (QED) is 0.538. The number of nitrogens with one attached hydrogen (secondary N) is 1. The number of nitrogens with zero attached hydrogens (tertiary/aromatic N) is 1. The van der Waals surface area contributed by atoms with Crippen LogP contribution in [0.25, 0.3) is 11.3 Å². The normalized spacial score (nSPS) is 14.8. The molecule has 3 rings (SSSR count). The van der Waals surface area contributed by atoms with Crippen LogP contribution < -0.4 is 10.7 Å². The van der Waals surface area contributed by atoms with Gasteiger partial charge in [0.25, 0.3) is 0 Å². The van der Waals surface area contributed by atoms with Crippen LogP contribution in [0.3, 0.4) is 0 Å². The zero-order valence-corrected chi connectivity index (χ0v) is 17.7. The third-order valence-corrected chi connectivity index (χ3v) is 5.39. The Labute approximate surface area is 171 Å². The fourth-order valence-electron chi connectivity index (χ4n) is 3.88. The zero-order chi connectivity index (χ0) is 21.0. The number of fused-ring (bicyclic) bond motifs is 3. The largest absolute Gasteiger partial charge is 0.462 e. The number of pyridine rings is 1. The van der Waals surface area contributed by atoms with Gasteiger partial charge in [0.2, 0.25) is 0 Å². The molecule has 0 fully saturated rings. The summed E-state index contributed by atoms with van der Waals surface area (Å²) in [5.41, 5.74) is 5.14. The Morgan fingerprint density at radius 1 is 1.21 bits per heavy atom. The topological polar surface area (TPSA) is 69.6 Å². The first kappa shape index (κ1) is 21.1. The second kappa shape index (κ2) is 9.27. The average molecular weight is 399 g/mol. The van der Waals surface area contributed by atoms with Crippen LogP contribution in [0.15, 0.2) is 29.2 Å². The predicted octanol–water partition coefficient (Wildman–Crippen LogP) is 3.96. The Morgan fingerprint density at radius 2 is 2.00 bits per heavy atom. The van der Waals surface area contributed by atoms with E-state index in [4.69, 9.17) is 9.47 Å². The van der Waals surface area contributed by atoms with Gasteiger partial charge in [-0.05, 0) is 56.9 Å². The standard InChI is InChI=1S/C23H30N2O4/c1-5-17-11-16-12-20(24-8-9-28-6-2)15(4)10-18(16)21-13-22(26)19(14-25(17)21)23(27)29-7-3/h10,12-14,17,24H,5-9,11H2,1-4H3. The van der Waals surface area contributed by atoms with E-state index >= 15 is 0 Å². The lowest BCUT2D eigenvalue weighted by molar-refractivity contribution is 0.0523. The van der Waals surface area contributed by atoms with E-state index in [1.165, 1.54) is 5.56 Å². The Morgan fingerprint density at radius 3 is 2.69 bits per heavy atom. The molecule has 6 nitrogen and oxygen atoms in total. The molecule has 1 aliphatic heterocycles. The molecule has 0 saturated carbocycles. The van der Waals surface area contributed by atoms with Gasteiger partial charge in [-0.3, -0.25) is 4.79 Å². The van der Waals surface area contributed by atoms with Crippen molar-refractivity contribution in [3.63, 3.8) is 0 Å². The van der Waals surface area contributed by atoms with E-state index in [0.717, 1.165) is 41.9 Å². The molecule has 2 heterocycles. The Kier molecular flexibility index (Phi) is 6.75. The number of hydrogen-bond donors (Lipinski definition) is 1. The van der Waals surface area contributed by atoms with Crippen molar-refractivity contribution in [1.29, 1.82) is 0 Å². The van der Waals surface area contributed by atoms with Crippen LogP contribution in [0.2, 0.25) is 0 Å². The maximum atomic E-state index is 12.6. The molecule has 0 amide bonds. The molecular weight excluding hydrogens is 368 g/mol. The Hall–Kier alpha value is -2.60. The molecule has 2 aromatic rings. The van der Waals surface area contributed by atoms with Crippen LogP contribution >= 0.6 is 0 Å². The number of aromatic nitrogens is 1. The van der Waals surface area contributed by atoms with E-state index in [0.29, 0.717) is 13.2 Å². The molecule has 1 aliphatic rings. The van der Waals surface area contributed by atoms with Crippen LogP contribution in [0.1, 0.15) is 54.7 Å². The van der Waals surface area contributed by atoms with E-state index < -0.39 is 5.97 Å².